The second-order valence-electron chi connectivity index (χ2n) is 11.8. The molecule has 0 radical (unpaired) electrons. The van der Waals surface area contributed by atoms with E-state index in [0.29, 0.717) is 10.9 Å². The Labute approximate surface area is 308 Å². The standard InChI is InChI=1S/C24BF20.C10H15OS/c26-5-1(6(27)14(35)21(42)13(5)34)25(2-7(28)15(36)22(43)16(37)8(2)29,3-9(30)17(38)23(44)18(39)10(3)31)4-11(32)19(40)24(45)20(41)12(4)33;1-11-10-6-4-5-9(7-10)8-12(2)3/h;4-7H,8H2,1-3H3/q-1;+1. The summed E-state index contributed by atoms with van der Waals surface area (Å²) < 4.78 is 299. The van der Waals surface area contributed by atoms with E-state index in [0.717, 1.165) is 11.5 Å². The van der Waals surface area contributed by atoms with Gasteiger partial charge in [-0.25, -0.2) is 87.8 Å². The van der Waals surface area contributed by atoms with Gasteiger partial charge in [0.05, 0.1) is 19.6 Å². The van der Waals surface area contributed by atoms with Crippen LogP contribution in [-0.2, 0) is 16.6 Å². The zero-order valence-electron chi connectivity index (χ0n) is 28.0. The Hall–Kier alpha value is -5.09. The number of halogens is 20. The fourth-order valence-electron chi connectivity index (χ4n) is 5.97. The summed E-state index contributed by atoms with van der Waals surface area (Å²) in [6, 6.07) is 8.27. The van der Waals surface area contributed by atoms with Crippen molar-refractivity contribution in [2.24, 2.45) is 0 Å². The lowest BCUT2D eigenvalue weighted by atomic mass is 9.12. The highest BCUT2D eigenvalue weighted by molar-refractivity contribution is 7.94. The van der Waals surface area contributed by atoms with Gasteiger partial charge in [0.25, 0.3) is 0 Å². The Morgan fingerprint density at radius 3 is 0.825 bits per heavy atom. The van der Waals surface area contributed by atoms with Crippen LogP contribution >= 0.6 is 0 Å². The molecule has 0 aromatic heterocycles. The zero-order valence-corrected chi connectivity index (χ0v) is 28.8. The van der Waals surface area contributed by atoms with E-state index < -0.39 is 144 Å². The molecule has 0 aliphatic rings. The van der Waals surface area contributed by atoms with E-state index in [-0.39, 0.29) is 0 Å². The third-order valence-electron chi connectivity index (χ3n) is 8.30. The van der Waals surface area contributed by atoms with Gasteiger partial charge in [0.2, 0.25) is 0 Å². The van der Waals surface area contributed by atoms with Crippen LogP contribution in [0, 0.1) is 116 Å². The summed E-state index contributed by atoms with van der Waals surface area (Å²) in [7, 11) is 2.17. The van der Waals surface area contributed by atoms with Crippen molar-refractivity contribution in [2.45, 2.75) is 5.75 Å². The van der Waals surface area contributed by atoms with Gasteiger partial charge in [-0.05, 0) is 23.0 Å². The molecule has 0 atom stereocenters. The molecule has 5 aromatic rings. The van der Waals surface area contributed by atoms with Gasteiger partial charge in [0.1, 0.15) is 64.2 Å². The van der Waals surface area contributed by atoms with E-state index >= 15 is 35.1 Å². The van der Waals surface area contributed by atoms with Crippen molar-refractivity contribution >= 4 is 38.9 Å². The fourth-order valence-corrected chi connectivity index (χ4v) is 6.82. The number of ether oxygens (including phenoxy) is 1. The molecule has 0 fully saturated rings. The van der Waals surface area contributed by atoms with E-state index in [1.807, 2.05) is 12.1 Å². The Kier molecular flexibility index (Phi) is 12.9. The van der Waals surface area contributed by atoms with Crippen molar-refractivity contribution in [2.75, 3.05) is 19.6 Å². The molecule has 57 heavy (non-hydrogen) atoms. The first-order valence-corrected chi connectivity index (χ1v) is 17.0. The largest absolute Gasteiger partial charge is 0.497 e. The number of rotatable bonds is 7. The summed E-state index contributed by atoms with van der Waals surface area (Å²) in [4.78, 5) is 0. The van der Waals surface area contributed by atoms with Gasteiger partial charge >= 0.3 is 0 Å². The Balaban J connectivity index is 0.000000512. The molecule has 0 aliphatic carbocycles. The van der Waals surface area contributed by atoms with Crippen molar-refractivity contribution < 1.29 is 92.5 Å². The molecular formula is C34H15BF20OS. The van der Waals surface area contributed by atoms with Crippen molar-refractivity contribution in [3.05, 3.63) is 146 Å². The van der Waals surface area contributed by atoms with Crippen LogP contribution in [0.5, 0.6) is 5.75 Å². The topological polar surface area (TPSA) is 9.23 Å². The van der Waals surface area contributed by atoms with Gasteiger partial charge in [0.15, 0.2) is 69.8 Å². The predicted octanol–water partition coefficient (Wildman–Crippen LogP) is 7.92. The summed E-state index contributed by atoms with van der Waals surface area (Å²) in [5, 5.41) is 0. The second kappa shape index (κ2) is 16.4. The van der Waals surface area contributed by atoms with Crippen LogP contribution in [0.1, 0.15) is 5.56 Å². The summed E-state index contributed by atoms with van der Waals surface area (Å²) in [5.41, 5.74) is -13.0. The lowest BCUT2D eigenvalue weighted by molar-refractivity contribution is 0.378. The molecule has 0 saturated heterocycles. The molecule has 5 rings (SSSR count). The maximum absolute atomic E-state index is 15.4. The molecule has 0 saturated carbocycles. The monoisotopic (exact) mass is 862 g/mol. The molecule has 0 bridgehead atoms. The highest BCUT2D eigenvalue weighted by Crippen LogP contribution is 2.30. The summed E-state index contributed by atoms with van der Waals surface area (Å²) in [6.07, 6.45) is -2.72. The van der Waals surface area contributed by atoms with E-state index in [1.165, 1.54) is 5.56 Å². The van der Waals surface area contributed by atoms with Crippen LogP contribution in [0.25, 0.3) is 0 Å². The maximum atomic E-state index is 15.4. The minimum Gasteiger partial charge on any atom is -0.497 e. The van der Waals surface area contributed by atoms with Crippen molar-refractivity contribution in [1.82, 2.24) is 0 Å². The predicted molar refractivity (Wildman–Crippen MR) is 165 cm³/mol. The van der Waals surface area contributed by atoms with Gasteiger partial charge in [-0.15, -0.1) is 21.9 Å². The number of hydrogen-bond acceptors (Lipinski definition) is 1. The van der Waals surface area contributed by atoms with Gasteiger partial charge in [-0.3, -0.25) is 0 Å². The molecule has 0 spiro atoms. The maximum Gasteiger partial charge on any atom is 0.200 e. The van der Waals surface area contributed by atoms with E-state index in [1.54, 1.807) is 7.11 Å². The Bertz CT molecular complexity index is 2040. The van der Waals surface area contributed by atoms with Gasteiger partial charge in [-0.2, -0.15) is 0 Å². The molecule has 0 heterocycles. The quantitative estimate of drug-likeness (QED) is 0.0532. The molecule has 23 heteroatoms. The van der Waals surface area contributed by atoms with E-state index in [2.05, 4.69) is 24.6 Å². The third-order valence-corrected chi connectivity index (χ3v) is 9.21. The lowest BCUT2D eigenvalue weighted by Crippen LogP contribution is -2.81. The van der Waals surface area contributed by atoms with Crippen LogP contribution in [0.2, 0.25) is 0 Å². The first kappa shape index (κ1) is 44.6. The molecule has 5 aromatic carbocycles. The minimum absolute atomic E-state index is 0.468. The third kappa shape index (κ3) is 7.11. The summed E-state index contributed by atoms with van der Waals surface area (Å²) >= 11 is 0. The van der Waals surface area contributed by atoms with Gasteiger partial charge in [0, 0.05) is 5.56 Å². The first-order valence-electron chi connectivity index (χ1n) is 14.8. The highest BCUT2D eigenvalue weighted by Gasteiger charge is 2.52. The van der Waals surface area contributed by atoms with Crippen LogP contribution in [0.4, 0.5) is 87.8 Å². The number of hydrogen-bond donors (Lipinski definition) is 0. The average molecular weight is 862 g/mol. The first-order chi connectivity index (χ1) is 26.4. The smallest absolute Gasteiger partial charge is 0.200 e. The van der Waals surface area contributed by atoms with Crippen LogP contribution in [-0.4, -0.2) is 25.8 Å². The Morgan fingerprint density at radius 2 is 0.614 bits per heavy atom. The molecular weight excluding hydrogens is 847 g/mol. The average Bonchev–Trinajstić information content (AvgIpc) is 3.17. The SMILES string of the molecule is COc1cccc(C[S+](C)C)c1.Fc1c(F)c(F)c([B-](c2c(F)c(F)c(F)c(F)c2F)(c2c(F)c(F)c(F)c(F)c2F)c2c(F)c(F)c(F)c(F)c2F)c(F)c1F. The number of benzene rings is 5. The van der Waals surface area contributed by atoms with Crippen molar-refractivity contribution in [3.63, 3.8) is 0 Å². The number of methoxy groups -OCH3 is 1. The van der Waals surface area contributed by atoms with Crippen LogP contribution in [0.15, 0.2) is 24.3 Å². The normalized spacial score (nSPS) is 11.6. The molecule has 0 N–H and O–H groups in total. The Morgan fingerprint density at radius 1 is 0.386 bits per heavy atom. The lowest BCUT2D eigenvalue weighted by Gasteiger charge is -2.44. The van der Waals surface area contributed by atoms with E-state index in [4.69, 9.17) is 4.74 Å². The molecule has 306 valence electrons. The van der Waals surface area contributed by atoms with Crippen LogP contribution in [0.3, 0.4) is 0 Å². The zero-order chi connectivity index (χ0) is 43.3. The second-order valence-corrected chi connectivity index (χ2v) is 14.0. The highest BCUT2D eigenvalue weighted by atomic mass is 32.2. The van der Waals surface area contributed by atoms with Crippen LogP contribution < -0.4 is 26.6 Å². The molecule has 0 amide bonds. The molecule has 1 nitrogen and oxygen atoms in total. The summed E-state index contributed by atoms with van der Waals surface area (Å²) in [5.74, 6) is -69.3. The van der Waals surface area contributed by atoms with Gasteiger partial charge < -0.3 is 4.74 Å². The molecule has 0 aliphatic heterocycles. The molecule has 0 unspecified atom stereocenters. The van der Waals surface area contributed by atoms with Gasteiger partial charge in [-0.1, -0.05) is 12.1 Å². The van der Waals surface area contributed by atoms with Crippen molar-refractivity contribution in [1.29, 1.82) is 0 Å². The van der Waals surface area contributed by atoms with Crippen molar-refractivity contribution in [3.8, 4) is 5.75 Å². The fraction of sp³-hybridized carbons (Fsp3) is 0.118. The summed E-state index contributed by atoms with van der Waals surface area (Å²) in [6.45, 7) is 0. The van der Waals surface area contributed by atoms with E-state index in [9.17, 15) is 52.7 Å². The minimum atomic E-state index is -7.22.